The molecule has 0 bridgehead atoms. The highest BCUT2D eigenvalue weighted by molar-refractivity contribution is 5.94. The van der Waals surface area contributed by atoms with E-state index in [-0.39, 0.29) is 17.7 Å². The molecule has 0 aliphatic carbocycles. The van der Waals surface area contributed by atoms with Gasteiger partial charge in [-0.1, -0.05) is 0 Å². The molecule has 0 aromatic heterocycles. The molecule has 5 heteroatoms. The van der Waals surface area contributed by atoms with Crippen molar-refractivity contribution in [1.29, 1.82) is 0 Å². The van der Waals surface area contributed by atoms with Crippen molar-refractivity contribution >= 4 is 11.6 Å². The molecule has 0 spiro atoms. The molecule has 0 atom stereocenters. The molecular formula is C14H21N3O2. The first-order chi connectivity index (χ1) is 9.06. The lowest BCUT2D eigenvalue weighted by molar-refractivity contribution is -0.119. The number of likely N-dealkylation sites (tertiary alicyclic amines) is 1. The van der Waals surface area contributed by atoms with E-state index in [2.05, 4.69) is 4.90 Å². The van der Waals surface area contributed by atoms with Crippen molar-refractivity contribution in [3.63, 3.8) is 0 Å². The van der Waals surface area contributed by atoms with E-state index >= 15 is 0 Å². The Morgan fingerprint density at radius 3 is 2.53 bits per heavy atom. The van der Waals surface area contributed by atoms with Gasteiger partial charge in [0.25, 0.3) is 0 Å². The number of benzene rings is 1. The van der Waals surface area contributed by atoms with Gasteiger partial charge in [0, 0.05) is 31.9 Å². The molecule has 0 saturated carbocycles. The Hall–Kier alpha value is -1.59. The number of phenolic OH excluding ortho intramolecular Hbond substituents is 1. The van der Waals surface area contributed by atoms with Gasteiger partial charge < -0.3 is 15.7 Å². The van der Waals surface area contributed by atoms with Crippen LogP contribution in [-0.4, -0.2) is 48.6 Å². The standard InChI is InChI=1S/C14H21N3O2/c1-16(12-2-4-13(18)5-3-12)14(19)10-17-8-6-11(15)7-9-17/h2-5,11,18H,6-10,15H2,1H3. The van der Waals surface area contributed by atoms with Crippen molar-refractivity contribution < 1.29 is 9.90 Å². The van der Waals surface area contributed by atoms with Crippen molar-refractivity contribution in [1.82, 2.24) is 4.90 Å². The molecule has 1 aliphatic heterocycles. The molecule has 1 heterocycles. The number of phenols is 1. The Morgan fingerprint density at radius 2 is 1.95 bits per heavy atom. The molecule has 1 aromatic carbocycles. The zero-order valence-electron chi connectivity index (χ0n) is 11.2. The highest BCUT2D eigenvalue weighted by Gasteiger charge is 2.20. The lowest BCUT2D eigenvalue weighted by Gasteiger charge is -2.30. The van der Waals surface area contributed by atoms with Gasteiger partial charge in [-0.25, -0.2) is 0 Å². The summed E-state index contributed by atoms with van der Waals surface area (Å²) in [6.45, 7) is 2.19. The number of likely N-dealkylation sites (N-methyl/N-ethyl adjacent to an activating group) is 1. The van der Waals surface area contributed by atoms with Crippen molar-refractivity contribution in [3.8, 4) is 5.75 Å². The van der Waals surface area contributed by atoms with Crippen molar-refractivity contribution in [3.05, 3.63) is 24.3 Å². The maximum absolute atomic E-state index is 12.2. The number of carbonyl (C=O) groups excluding carboxylic acids is 1. The number of rotatable bonds is 3. The fourth-order valence-corrected chi connectivity index (χ4v) is 2.23. The second-order valence-corrected chi connectivity index (χ2v) is 5.08. The highest BCUT2D eigenvalue weighted by Crippen LogP contribution is 2.17. The lowest BCUT2D eigenvalue weighted by Crippen LogP contribution is -2.45. The van der Waals surface area contributed by atoms with Crippen LogP contribution in [0.3, 0.4) is 0 Å². The van der Waals surface area contributed by atoms with Crippen LogP contribution in [0.15, 0.2) is 24.3 Å². The second kappa shape index (κ2) is 6.04. The average molecular weight is 263 g/mol. The van der Waals surface area contributed by atoms with Gasteiger partial charge in [-0.2, -0.15) is 0 Å². The summed E-state index contributed by atoms with van der Waals surface area (Å²) in [5.74, 6) is 0.260. The summed E-state index contributed by atoms with van der Waals surface area (Å²) >= 11 is 0. The minimum atomic E-state index is 0.0566. The van der Waals surface area contributed by atoms with Crippen LogP contribution in [0.5, 0.6) is 5.75 Å². The first-order valence-corrected chi connectivity index (χ1v) is 6.60. The van der Waals surface area contributed by atoms with E-state index < -0.39 is 0 Å². The van der Waals surface area contributed by atoms with E-state index in [0.29, 0.717) is 6.54 Å². The molecule has 19 heavy (non-hydrogen) atoms. The summed E-state index contributed by atoms with van der Waals surface area (Å²) in [7, 11) is 1.75. The van der Waals surface area contributed by atoms with E-state index in [1.165, 1.54) is 0 Å². The van der Waals surface area contributed by atoms with Gasteiger partial charge >= 0.3 is 0 Å². The number of nitrogens with two attached hydrogens (primary N) is 1. The number of amides is 1. The molecule has 1 aliphatic rings. The number of carbonyl (C=O) groups is 1. The predicted molar refractivity (Wildman–Crippen MR) is 75.2 cm³/mol. The topological polar surface area (TPSA) is 69.8 Å². The Labute approximate surface area is 113 Å². The van der Waals surface area contributed by atoms with Crippen LogP contribution in [0.4, 0.5) is 5.69 Å². The molecule has 1 amide bonds. The molecule has 5 nitrogen and oxygen atoms in total. The van der Waals surface area contributed by atoms with Crippen LogP contribution in [-0.2, 0) is 4.79 Å². The highest BCUT2D eigenvalue weighted by atomic mass is 16.3. The Morgan fingerprint density at radius 1 is 1.37 bits per heavy atom. The molecule has 2 rings (SSSR count). The first kappa shape index (κ1) is 13.8. The zero-order chi connectivity index (χ0) is 13.8. The molecule has 1 saturated heterocycles. The van der Waals surface area contributed by atoms with E-state index in [4.69, 9.17) is 5.73 Å². The molecular weight excluding hydrogens is 242 g/mol. The number of piperidine rings is 1. The van der Waals surface area contributed by atoms with Crippen LogP contribution in [0.25, 0.3) is 0 Å². The first-order valence-electron chi connectivity index (χ1n) is 6.60. The maximum atomic E-state index is 12.2. The fourth-order valence-electron chi connectivity index (χ4n) is 2.23. The van der Waals surface area contributed by atoms with E-state index in [9.17, 15) is 9.90 Å². The number of anilines is 1. The molecule has 104 valence electrons. The second-order valence-electron chi connectivity index (χ2n) is 5.08. The van der Waals surface area contributed by atoms with Crippen molar-refractivity contribution in [2.24, 2.45) is 5.73 Å². The molecule has 0 radical (unpaired) electrons. The van der Waals surface area contributed by atoms with Crippen molar-refractivity contribution in [2.45, 2.75) is 18.9 Å². The zero-order valence-corrected chi connectivity index (χ0v) is 11.2. The SMILES string of the molecule is CN(C(=O)CN1CCC(N)CC1)c1ccc(O)cc1. The summed E-state index contributed by atoms with van der Waals surface area (Å²) in [4.78, 5) is 15.9. The largest absolute Gasteiger partial charge is 0.508 e. The molecule has 1 aromatic rings. The summed E-state index contributed by atoms with van der Waals surface area (Å²) < 4.78 is 0. The van der Waals surface area contributed by atoms with E-state index in [1.54, 1.807) is 36.2 Å². The Balaban J connectivity index is 1.90. The van der Waals surface area contributed by atoms with E-state index in [1.807, 2.05) is 0 Å². The quantitative estimate of drug-likeness (QED) is 0.845. The summed E-state index contributed by atoms with van der Waals surface area (Å²) in [5, 5.41) is 9.24. The summed E-state index contributed by atoms with van der Waals surface area (Å²) in [6, 6.07) is 6.91. The van der Waals surface area contributed by atoms with Gasteiger partial charge in [-0.15, -0.1) is 0 Å². The Bertz CT molecular complexity index is 425. The third-order valence-electron chi connectivity index (χ3n) is 3.60. The molecule has 1 fully saturated rings. The monoisotopic (exact) mass is 263 g/mol. The maximum Gasteiger partial charge on any atom is 0.240 e. The van der Waals surface area contributed by atoms with Gasteiger partial charge in [0.05, 0.1) is 6.54 Å². The summed E-state index contributed by atoms with van der Waals surface area (Å²) in [6.07, 6.45) is 1.91. The van der Waals surface area contributed by atoms with Gasteiger partial charge in [-0.3, -0.25) is 9.69 Å². The third kappa shape index (κ3) is 3.68. The van der Waals surface area contributed by atoms with E-state index in [0.717, 1.165) is 31.6 Å². The van der Waals surface area contributed by atoms with Crippen molar-refractivity contribution in [2.75, 3.05) is 31.6 Å². The van der Waals surface area contributed by atoms with Crippen LogP contribution in [0, 0.1) is 0 Å². The number of hydrogen-bond donors (Lipinski definition) is 2. The number of hydrogen-bond acceptors (Lipinski definition) is 4. The van der Waals surface area contributed by atoms with Gasteiger partial charge in [0.15, 0.2) is 0 Å². The normalized spacial score (nSPS) is 17.4. The smallest absolute Gasteiger partial charge is 0.240 e. The van der Waals surface area contributed by atoms with Gasteiger partial charge in [0.1, 0.15) is 5.75 Å². The van der Waals surface area contributed by atoms with Gasteiger partial charge in [0.2, 0.25) is 5.91 Å². The van der Waals surface area contributed by atoms with Crippen LogP contribution in [0.2, 0.25) is 0 Å². The van der Waals surface area contributed by atoms with Gasteiger partial charge in [-0.05, 0) is 37.1 Å². The average Bonchev–Trinajstić information content (AvgIpc) is 2.41. The Kier molecular flexibility index (Phi) is 4.39. The minimum absolute atomic E-state index is 0.0566. The number of aromatic hydroxyl groups is 1. The predicted octanol–water partition coefficient (Wildman–Crippen LogP) is 0.778. The number of nitrogens with zero attached hydrogens (tertiary/aromatic N) is 2. The summed E-state index contributed by atoms with van der Waals surface area (Å²) in [5.41, 5.74) is 6.64. The lowest BCUT2D eigenvalue weighted by atomic mass is 10.1. The van der Waals surface area contributed by atoms with Crippen LogP contribution in [0.1, 0.15) is 12.8 Å². The molecule has 0 unspecified atom stereocenters. The van der Waals surface area contributed by atoms with Crippen LogP contribution < -0.4 is 10.6 Å². The third-order valence-corrected chi connectivity index (χ3v) is 3.60. The fraction of sp³-hybridized carbons (Fsp3) is 0.500. The molecule has 3 N–H and O–H groups in total. The van der Waals surface area contributed by atoms with Crippen LogP contribution >= 0.6 is 0 Å². The minimum Gasteiger partial charge on any atom is -0.508 e.